The van der Waals surface area contributed by atoms with E-state index in [0.29, 0.717) is 0 Å². The lowest BCUT2D eigenvalue weighted by molar-refractivity contribution is -0.0833. The quantitative estimate of drug-likeness (QED) is 0.707. The van der Waals surface area contributed by atoms with Crippen molar-refractivity contribution < 1.29 is 4.74 Å². The molecule has 1 saturated carbocycles. The van der Waals surface area contributed by atoms with Gasteiger partial charge in [0.1, 0.15) is 0 Å². The molecule has 1 atom stereocenters. The maximum Gasteiger partial charge on any atom is 0.0697 e. The van der Waals surface area contributed by atoms with Crippen LogP contribution in [0, 0.1) is 0 Å². The molecule has 1 heterocycles. The number of ether oxygens (including phenoxy) is 1. The van der Waals surface area contributed by atoms with Gasteiger partial charge in [0.15, 0.2) is 0 Å². The number of rotatable bonds is 2. The van der Waals surface area contributed by atoms with Gasteiger partial charge in [-0.15, -0.1) is 0 Å². The maximum absolute atomic E-state index is 5.96. The van der Waals surface area contributed by atoms with Crippen LogP contribution in [0.25, 0.3) is 0 Å². The number of hydrogen-bond donors (Lipinski definition) is 1. The Labute approximate surface area is 81.0 Å². The Kier molecular flexibility index (Phi) is 2.89. The van der Waals surface area contributed by atoms with E-state index in [1.165, 1.54) is 38.5 Å². The summed E-state index contributed by atoms with van der Waals surface area (Å²) in [5, 5.41) is 3.56. The molecule has 13 heavy (non-hydrogen) atoms. The first-order valence-corrected chi connectivity index (χ1v) is 5.72. The second kappa shape index (κ2) is 3.97. The van der Waals surface area contributed by atoms with Gasteiger partial charge in [-0.05, 0) is 32.2 Å². The molecule has 2 heteroatoms. The van der Waals surface area contributed by atoms with Crippen LogP contribution in [-0.4, -0.2) is 24.8 Å². The van der Waals surface area contributed by atoms with Crippen LogP contribution >= 0.6 is 0 Å². The standard InChI is InChI=1S/C11H21NO/c1-2-12-10-5-8-13-11(9-10)6-3-4-7-11/h10,12H,2-9H2,1H3. The molecule has 76 valence electrons. The van der Waals surface area contributed by atoms with E-state index in [1.54, 1.807) is 0 Å². The lowest BCUT2D eigenvalue weighted by Gasteiger charge is -2.38. The minimum atomic E-state index is 0.283. The third-order valence-electron chi connectivity index (χ3n) is 3.50. The van der Waals surface area contributed by atoms with Gasteiger partial charge in [0.05, 0.1) is 5.60 Å². The fraction of sp³-hybridized carbons (Fsp3) is 1.00. The van der Waals surface area contributed by atoms with E-state index in [-0.39, 0.29) is 5.60 Å². The van der Waals surface area contributed by atoms with Gasteiger partial charge in [0.2, 0.25) is 0 Å². The van der Waals surface area contributed by atoms with Crippen molar-refractivity contribution in [3.63, 3.8) is 0 Å². The van der Waals surface area contributed by atoms with E-state index in [2.05, 4.69) is 12.2 Å². The van der Waals surface area contributed by atoms with Gasteiger partial charge in [-0.2, -0.15) is 0 Å². The zero-order valence-electron chi connectivity index (χ0n) is 8.64. The molecule has 2 rings (SSSR count). The van der Waals surface area contributed by atoms with Crippen LogP contribution in [0.3, 0.4) is 0 Å². The van der Waals surface area contributed by atoms with Crippen LogP contribution in [0.2, 0.25) is 0 Å². The maximum atomic E-state index is 5.96. The molecule has 2 fully saturated rings. The van der Waals surface area contributed by atoms with Crippen molar-refractivity contribution in [2.24, 2.45) is 0 Å². The molecule has 1 aliphatic carbocycles. The normalized spacial score (nSPS) is 32.5. The highest BCUT2D eigenvalue weighted by molar-refractivity contribution is 4.93. The van der Waals surface area contributed by atoms with Gasteiger partial charge < -0.3 is 10.1 Å². The molecule has 1 spiro atoms. The van der Waals surface area contributed by atoms with Crippen molar-refractivity contribution in [1.82, 2.24) is 5.32 Å². The summed E-state index contributed by atoms with van der Waals surface area (Å²) < 4.78 is 5.96. The average molecular weight is 183 g/mol. The minimum absolute atomic E-state index is 0.283. The third kappa shape index (κ3) is 2.05. The molecule has 0 amide bonds. The predicted molar refractivity (Wildman–Crippen MR) is 53.8 cm³/mol. The van der Waals surface area contributed by atoms with E-state index in [9.17, 15) is 0 Å². The first-order valence-electron chi connectivity index (χ1n) is 5.72. The average Bonchev–Trinajstić information content (AvgIpc) is 2.54. The lowest BCUT2D eigenvalue weighted by atomic mass is 9.89. The molecular formula is C11H21NO. The topological polar surface area (TPSA) is 21.3 Å². The summed E-state index contributed by atoms with van der Waals surface area (Å²) in [6.45, 7) is 4.26. The largest absolute Gasteiger partial charge is 0.375 e. The van der Waals surface area contributed by atoms with E-state index >= 15 is 0 Å². The van der Waals surface area contributed by atoms with Gasteiger partial charge in [0, 0.05) is 12.6 Å². The summed E-state index contributed by atoms with van der Waals surface area (Å²) in [5.74, 6) is 0. The van der Waals surface area contributed by atoms with Crippen LogP contribution in [0.15, 0.2) is 0 Å². The Morgan fingerprint density at radius 1 is 1.38 bits per heavy atom. The first-order chi connectivity index (χ1) is 6.35. The second-order valence-corrected chi connectivity index (χ2v) is 4.49. The summed E-state index contributed by atoms with van der Waals surface area (Å²) in [6, 6.07) is 0.719. The van der Waals surface area contributed by atoms with Gasteiger partial charge in [0.25, 0.3) is 0 Å². The predicted octanol–water partition coefficient (Wildman–Crippen LogP) is 2.09. The molecule has 0 aromatic rings. The van der Waals surface area contributed by atoms with E-state index < -0.39 is 0 Å². The van der Waals surface area contributed by atoms with Gasteiger partial charge in [-0.3, -0.25) is 0 Å². The summed E-state index contributed by atoms with van der Waals surface area (Å²) >= 11 is 0. The molecule has 1 saturated heterocycles. The molecule has 0 aromatic heterocycles. The van der Waals surface area contributed by atoms with Gasteiger partial charge in [-0.25, -0.2) is 0 Å². The fourth-order valence-electron chi connectivity index (χ4n) is 2.86. The molecule has 0 radical (unpaired) electrons. The van der Waals surface area contributed by atoms with Gasteiger partial charge >= 0.3 is 0 Å². The Hall–Kier alpha value is -0.0800. The second-order valence-electron chi connectivity index (χ2n) is 4.49. The lowest BCUT2D eigenvalue weighted by Crippen LogP contribution is -2.45. The molecule has 0 aromatic carbocycles. The highest BCUT2D eigenvalue weighted by atomic mass is 16.5. The molecular weight excluding hydrogens is 162 g/mol. The summed E-state index contributed by atoms with van der Waals surface area (Å²) in [4.78, 5) is 0. The van der Waals surface area contributed by atoms with Crippen LogP contribution in [0.5, 0.6) is 0 Å². The Bertz CT molecular complexity index is 161. The zero-order chi connectivity index (χ0) is 9.15. The van der Waals surface area contributed by atoms with Crippen molar-refractivity contribution >= 4 is 0 Å². The summed E-state index contributed by atoms with van der Waals surface area (Å²) in [6.07, 6.45) is 7.80. The van der Waals surface area contributed by atoms with Crippen molar-refractivity contribution in [2.75, 3.05) is 13.2 Å². The minimum Gasteiger partial charge on any atom is -0.375 e. The zero-order valence-corrected chi connectivity index (χ0v) is 8.64. The first kappa shape index (κ1) is 9.47. The Morgan fingerprint density at radius 2 is 2.15 bits per heavy atom. The van der Waals surface area contributed by atoms with E-state index in [1.807, 2.05) is 0 Å². The molecule has 1 unspecified atom stereocenters. The molecule has 2 nitrogen and oxygen atoms in total. The summed E-state index contributed by atoms with van der Waals surface area (Å²) in [5.41, 5.74) is 0.283. The molecule has 0 bridgehead atoms. The van der Waals surface area contributed by atoms with E-state index in [4.69, 9.17) is 4.74 Å². The van der Waals surface area contributed by atoms with Crippen LogP contribution in [-0.2, 0) is 4.74 Å². The van der Waals surface area contributed by atoms with Crippen molar-refractivity contribution in [2.45, 2.75) is 57.1 Å². The van der Waals surface area contributed by atoms with Crippen molar-refractivity contribution in [1.29, 1.82) is 0 Å². The molecule has 2 aliphatic rings. The number of hydrogen-bond acceptors (Lipinski definition) is 2. The fourth-order valence-corrected chi connectivity index (χ4v) is 2.86. The Balaban J connectivity index is 1.90. The van der Waals surface area contributed by atoms with Crippen LogP contribution < -0.4 is 5.32 Å². The Morgan fingerprint density at radius 3 is 2.85 bits per heavy atom. The number of nitrogens with one attached hydrogen (secondary N) is 1. The summed E-state index contributed by atoms with van der Waals surface area (Å²) in [7, 11) is 0. The highest BCUT2D eigenvalue weighted by Crippen LogP contribution is 2.39. The molecule has 1 aliphatic heterocycles. The van der Waals surface area contributed by atoms with E-state index in [0.717, 1.165) is 19.2 Å². The smallest absolute Gasteiger partial charge is 0.0697 e. The van der Waals surface area contributed by atoms with Crippen LogP contribution in [0.4, 0.5) is 0 Å². The molecule has 1 N–H and O–H groups in total. The van der Waals surface area contributed by atoms with Crippen molar-refractivity contribution in [3.05, 3.63) is 0 Å². The SMILES string of the molecule is CCNC1CCOC2(CCCC2)C1. The van der Waals surface area contributed by atoms with Crippen molar-refractivity contribution in [3.8, 4) is 0 Å². The van der Waals surface area contributed by atoms with Gasteiger partial charge in [-0.1, -0.05) is 19.8 Å². The van der Waals surface area contributed by atoms with Crippen LogP contribution in [0.1, 0.15) is 45.4 Å². The highest BCUT2D eigenvalue weighted by Gasteiger charge is 2.39. The monoisotopic (exact) mass is 183 g/mol. The third-order valence-corrected chi connectivity index (χ3v) is 3.50.